The molecule has 7 aromatic rings. The zero-order valence-electron chi connectivity index (χ0n) is 18.4. The minimum absolute atomic E-state index is 0.926. The molecule has 0 unspecified atom stereocenters. The SMILES string of the molecule is c1ccc(-c2cc3c(cc2-c2sc(-c4ccccc4)c4ccccc24)oc2ccccc23)cc1. The molecule has 0 N–H and O–H groups in total. The summed E-state index contributed by atoms with van der Waals surface area (Å²) in [5.74, 6) is 0. The molecule has 0 aliphatic carbocycles. The molecule has 5 aromatic carbocycles. The van der Waals surface area contributed by atoms with Crippen molar-refractivity contribution in [1.29, 1.82) is 0 Å². The van der Waals surface area contributed by atoms with E-state index in [2.05, 4.69) is 109 Å². The first-order chi connectivity index (χ1) is 16.9. The summed E-state index contributed by atoms with van der Waals surface area (Å²) in [6, 6.07) is 43.0. The molecule has 0 aliphatic rings. The van der Waals surface area contributed by atoms with Gasteiger partial charge in [0, 0.05) is 36.9 Å². The fourth-order valence-corrected chi connectivity index (χ4v) is 6.22. The predicted molar refractivity (Wildman–Crippen MR) is 145 cm³/mol. The minimum atomic E-state index is 0.926. The van der Waals surface area contributed by atoms with Crippen molar-refractivity contribution in [3.8, 4) is 32.0 Å². The van der Waals surface area contributed by atoms with Crippen LogP contribution in [0.4, 0.5) is 0 Å². The van der Waals surface area contributed by atoms with E-state index in [1.54, 1.807) is 0 Å². The Balaban J connectivity index is 1.58. The molecule has 0 bridgehead atoms. The van der Waals surface area contributed by atoms with Gasteiger partial charge in [0.05, 0.1) is 0 Å². The van der Waals surface area contributed by atoms with Crippen molar-refractivity contribution < 1.29 is 4.42 Å². The van der Waals surface area contributed by atoms with E-state index in [9.17, 15) is 0 Å². The Labute approximate surface area is 201 Å². The van der Waals surface area contributed by atoms with Crippen LogP contribution in [0.2, 0.25) is 0 Å². The van der Waals surface area contributed by atoms with Crippen molar-refractivity contribution in [3.63, 3.8) is 0 Å². The summed E-state index contributed by atoms with van der Waals surface area (Å²) in [5, 5.41) is 4.88. The van der Waals surface area contributed by atoms with Crippen LogP contribution in [0.1, 0.15) is 0 Å². The van der Waals surface area contributed by atoms with E-state index in [1.807, 2.05) is 23.5 Å². The van der Waals surface area contributed by atoms with Gasteiger partial charge >= 0.3 is 0 Å². The average Bonchev–Trinajstić information content (AvgIpc) is 3.47. The van der Waals surface area contributed by atoms with Gasteiger partial charge in [0.15, 0.2) is 0 Å². The Hall–Kier alpha value is -4.14. The molecule has 1 nitrogen and oxygen atoms in total. The third-order valence-electron chi connectivity index (χ3n) is 6.50. The van der Waals surface area contributed by atoms with E-state index >= 15 is 0 Å². The van der Waals surface area contributed by atoms with Crippen LogP contribution in [0.3, 0.4) is 0 Å². The maximum atomic E-state index is 6.31. The lowest BCUT2D eigenvalue weighted by Crippen LogP contribution is -1.84. The van der Waals surface area contributed by atoms with E-state index < -0.39 is 0 Å². The summed E-state index contributed by atoms with van der Waals surface area (Å²) in [5.41, 5.74) is 6.75. The van der Waals surface area contributed by atoms with Gasteiger partial charge in [-0.05, 0) is 34.9 Å². The van der Waals surface area contributed by atoms with Crippen molar-refractivity contribution in [3.05, 3.63) is 121 Å². The molecule has 7 rings (SSSR count). The first-order valence-corrected chi connectivity index (χ1v) is 12.3. The zero-order valence-corrected chi connectivity index (χ0v) is 19.2. The molecular weight excluding hydrogens is 432 g/mol. The Morgan fingerprint density at radius 1 is 0.412 bits per heavy atom. The van der Waals surface area contributed by atoms with Gasteiger partial charge in [0.1, 0.15) is 11.2 Å². The maximum Gasteiger partial charge on any atom is 0.136 e. The van der Waals surface area contributed by atoms with E-state index in [4.69, 9.17) is 4.42 Å². The molecule has 0 saturated carbocycles. The molecule has 0 spiro atoms. The van der Waals surface area contributed by atoms with Gasteiger partial charge in [-0.2, -0.15) is 0 Å². The predicted octanol–water partition coefficient (Wildman–Crippen LogP) is 9.80. The standard InChI is InChI=1S/C32H20OS/c1-3-11-21(12-4-1)26-19-27-23-15-9-10-18-29(23)33-30(27)20-28(26)32-25-17-8-7-16-24(25)31(34-32)22-13-5-2-6-14-22/h1-20H. The van der Waals surface area contributed by atoms with Gasteiger partial charge in [-0.25, -0.2) is 0 Å². The lowest BCUT2D eigenvalue weighted by atomic mass is 9.94. The zero-order chi connectivity index (χ0) is 22.5. The first-order valence-electron chi connectivity index (χ1n) is 11.4. The summed E-state index contributed by atoms with van der Waals surface area (Å²) < 4.78 is 6.31. The number of thiophene rings is 1. The molecule has 0 amide bonds. The van der Waals surface area contributed by atoms with Crippen LogP contribution in [0, 0.1) is 0 Å². The quantitative estimate of drug-likeness (QED) is 0.260. The second-order valence-corrected chi connectivity index (χ2v) is 9.55. The Bertz CT molecular complexity index is 1790. The van der Waals surface area contributed by atoms with Crippen LogP contribution in [0.5, 0.6) is 0 Å². The topological polar surface area (TPSA) is 13.1 Å². The second-order valence-electron chi connectivity index (χ2n) is 8.53. The molecule has 2 heterocycles. The molecule has 2 heteroatoms. The lowest BCUT2D eigenvalue weighted by molar-refractivity contribution is 0.669. The molecule has 34 heavy (non-hydrogen) atoms. The number of hydrogen-bond acceptors (Lipinski definition) is 2. The van der Waals surface area contributed by atoms with Gasteiger partial charge in [0.25, 0.3) is 0 Å². The summed E-state index contributed by atoms with van der Waals surface area (Å²) in [7, 11) is 0. The largest absolute Gasteiger partial charge is 0.456 e. The molecule has 0 fully saturated rings. The highest BCUT2D eigenvalue weighted by Gasteiger charge is 2.19. The van der Waals surface area contributed by atoms with Crippen molar-refractivity contribution in [2.24, 2.45) is 0 Å². The van der Waals surface area contributed by atoms with Gasteiger partial charge in [-0.15, -0.1) is 11.3 Å². The molecular formula is C32H20OS. The van der Waals surface area contributed by atoms with Crippen molar-refractivity contribution in [2.45, 2.75) is 0 Å². The summed E-state index contributed by atoms with van der Waals surface area (Å²) in [6.07, 6.45) is 0. The summed E-state index contributed by atoms with van der Waals surface area (Å²) in [4.78, 5) is 2.57. The number of rotatable bonds is 3. The third kappa shape index (κ3) is 3.00. The highest BCUT2D eigenvalue weighted by molar-refractivity contribution is 7.21. The molecule has 160 valence electrons. The lowest BCUT2D eigenvalue weighted by Gasteiger charge is -2.10. The second kappa shape index (κ2) is 7.72. The number of furan rings is 1. The van der Waals surface area contributed by atoms with E-state index in [0.29, 0.717) is 0 Å². The molecule has 0 atom stereocenters. The minimum Gasteiger partial charge on any atom is -0.456 e. The Morgan fingerprint density at radius 2 is 1.00 bits per heavy atom. The van der Waals surface area contributed by atoms with Crippen molar-refractivity contribution in [2.75, 3.05) is 0 Å². The van der Waals surface area contributed by atoms with Gasteiger partial charge < -0.3 is 4.42 Å². The Morgan fingerprint density at radius 3 is 1.74 bits per heavy atom. The molecule has 2 aromatic heterocycles. The smallest absolute Gasteiger partial charge is 0.136 e. The number of hydrogen-bond donors (Lipinski definition) is 0. The number of para-hydroxylation sites is 1. The summed E-state index contributed by atoms with van der Waals surface area (Å²) >= 11 is 1.86. The third-order valence-corrected chi connectivity index (χ3v) is 7.81. The van der Waals surface area contributed by atoms with E-state index in [1.165, 1.54) is 42.8 Å². The van der Waals surface area contributed by atoms with Gasteiger partial charge in [-0.3, -0.25) is 0 Å². The van der Waals surface area contributed by atoms with E-state index in [-0.39, 0.29) is 0 Å². The molecule has 0 saturated heterocycles. The van der Waals surface area contributed by atoms with Crippen LogP contribution >= 0.6 is 11.3 Å². The first kappa shape index (κ1) is 19.3. The highest BCUT2D eigenvalue weighted by atomic mass is 32.1. The molecule has 0 radical (unpaired) electrons. The number of benzene rings is 5. The van der Waals surface area contributed by atoms with E-state index in [0.717, 1.165) is 21.9 Å². The van der Waals surface area contributed by atoms with Crippen molar-refractivity contribution >= 4 is 44.0 Å². The fraction of sp³-hybridized carbons (Fsp3) is 0. The maximum absolute atomic E-state index is 6.31. The van der Waals surface area contributed by atoms with Gasteiger partial charge in [0.2, 0.25) is 0 Å². The molecule has 0 aliphatic heterocycles. The van der Waals surface area contributed by atoms with Crippen LogP contribution in [0.15, 0.2) is 126 Å². The number of fused-ring (bicyclic) bond motifs is 4. The van der Waals surface area contributed by atoms with Crippen LogP contribution in [-0.4, -0.2) is 0 Å². The average molecular weight is 453 g/mol. The Kier molecular flexibility index (Phi) is 4.39. The van der Waals surface area contributed by atoms with Crippen LogP contribution < -0.4 is 0 Å². The van der Waals surface area contributed by atoms with Crippen molar-refractivity contribution in [1.82, 2.24) is 0 Å². The summed E-state index contributed by atoms with van der Waals surface area (Å²) in [6.45, 7) is 0. The highest BCUT2D eigenvalue weighted by Crippen LogP contribution is 2.48. The van der Waals surface area contributed by atoms with Gasteiger partial charge in [-0.1, -0.05) is 103 Å². The fourth-order valence-electron chi connectivity index (χ4n) is 4.91. The normalized spacial score (nSPS) is 11.5. The monoisotopic (exact) mass is 452 g/mol. The van der Waals surface area contributed by atoms with Crippen LogP contribution in [0.25, 0.3) is 64.7 Å². The van der Waals surface area contributed by atoms with Crippen LogP contribution in [-0.2, 0) is 0 Å².